The van der Waals surface area contributed by atoms with Gasteiger partial charge in [-0.25, -0.2) is 18.4 Å². The minimum Gasteiger partial charge on any atom is -0.465 e. The number of rotatable bonds is 3. The summed E-state index contributed by atoms with van der Waals surface area (Å²) in [6.07, 6.45) is -0.282. The lowest BCUT2D eigenvalue weighted by atomic mass is 10.0. The maximum atomic E-state index is 11.1. The van der Waals surface area contributed by atoms with Crippen LogP contribution in [-0.4, -0.2) is 50.2 Å². The second-order valence-electron chi connectivity index (χ2n) is 4.77. The number of amides is 1. The van der Waals surface area contributed by atoms with Crippen LogP contribution in [0.1, 0.15) is 5.56 Å². The maximum Gasteiger partial charge on any atom is 0.407 e. The molecule has 0 aliphatic carbocycles. The summed E-state index contributed by atoms with van der Waals surface area (Å²) in [6, 6.07) is 6.34. The van der Waals surface area contributed by atoms with E-state index in [1.54, 1.807) is 12.1 Å². The summed E-state index contributed by atoms with van der Waals surface area (Å²) < 4.78 is 22.3. The molecule has 1 aromatic rings. The van der Waals surface area contributed by atoms with Gasteiger partial charge in [0.1, 0.15) is 0 Å². The first-order valence-corrected chi connectivity index (χ1v) is 7.74. The van der Waals surface area contributed by atoms with E-state index in [0.717, 1.165) is 5.56 Å². The predicted octanol–water partition coefficient (Wildman–Crippen LogP) is -0.172. The molecule has 0 saturated carbocycles. The highest BCUT2D eigenvalue weighted by molar-refractivity contribution is 7.89. The van der Waals surface area contributed by atoms with Crippen LogP contribution in [0.2, 0.25) is 0 Å². The summed E-state index contributed by atoms with van der Waals surface area (Å²) in [4.78, 5) is 12.4. The molecule has 8 heteroatoms. The fraction of sp³-hybridized carbons (Fsp3) is 0.417. The van der Waals surface area contributed by atoms with E-state index < -0.39 is 16.1 Å². The molecule has 1 aromatic carbocycles. The van der Waals surface area contributed by atoms with Crippen molar-refractivity contribution in [3.63, 3.8) is 0 Å². The third kappa shape index (κ3) is 3.69. The molecule has 1 saturated heterocycles. The molecule has 0 aromatic heterocycles. The number of benzene rings is 1. The number of primary sulfonamides is 1. The van der Waals surface area contributed by atoms with E-state index in [4.69, 9.17) is 10.2 Å². The van der Waals surface area contributed by atoms with Gasteiger partial charge >= 0.3 is 6.09 Å². The molecule has 2 rings (SSSR count). The van der Waals surface area contributed by atoms with Crippen LogP contribution in [0.3, 0.4) is 0 Å². The van der Waals surface area contributed by atoms with Crippen molar-refractivity contribution in [2.24, 2.45) is 5.14 Å². The first-order chi connectivity index (χ1) is 9.36. The summed E-state index contributed by atoms with van der Waals surface area (Å²) in [5.74, 6) is 0. The molecule has 1 atom stereocenters. The SMILES string of the molecule is NS(=O)(=O)c1ccc(C[C@@H]2CN(C(=O)O)CCN2)cc1. The zero-order valence-electron chi connectivity index (χ0n) is 10.8. The Bertz CT molecular complexity index is 585. The third-order valence-electron chi connectivity index (χ3n) is 3.26. The number of piperazine rings is 1. The highest BCUT2D eigenvalue weighted by Crippen LogP contribution is 2.12. The molecular formula is C12H17N3O4S. The van der Waals surface area contributed by atoms with Gasteiger partial charge in [-0.1, -0.05) is 12.1 Å². The van der Waals surface area contributed by atoms with E-state index in [1.807, 2.05) is 0 Å². The lowest BCUT2D eigenvalue weighted by Crippen LogP contribution is -2.53. The Labute approximate surface area is 117 Å². The smallest absolute Gasteiger partial charge is 0.407 e. The maximum absolute atomic E-state index is 11.1. The third-order valence-corrected chi connectivity index (χ3v) is 4.19. The lowest BCUT2D eigenvalue weighted by Gasteiger charge is -2.31. The minimum atomic E-state index is -3.67. The Kier molecular flexibility index (Phi) is 4.26. The molecule has 110 valence electrons. The Balaban J connectivity index is 2.01. The molecule has 0 bridgehead atoms. The molecule has 1 fully saturated rings. The van der Waals surface area contributed by atoms with E-state index in [0.29, 0.717) is 26.1 Å². The van der Waals surface area contributed by atoms with Crippen LogP contribution in [0.4, 0.5) is 4.79 Å². The highest BCUT2D eigenvalue weighted by Gasteiger charge is 2.22. The second kappa shape index (κ2) is 5.78. The normalized spacial score (nSPS) is 19.9. The molecule has 1 aliphatic rings. The summed E-state index contributed by atoms with van der Waals surface area (Å²) >= 11 is 0. The zero-order chi connectivity index (χ0) is 14.8. The number of nitrogens with zero attached hydrogens (tertiary/aromatic N) is 1. The average Bonchev–Trinajstić information content (AvgIpc) is 2.38. The van der Waals surface area contributed by atoms with Crippen molar-refractivity contribution in [3.05, 3.63) is 29.8 Å². The summed E-state index contributed by atoms with van der Waals surface area (Å²) in [6.45, 7) is 1.52. The fourth-order valence-corrected chi connectivity index (χ4v) is 2.75. The van der Waals surface area contributed by atoms with Crippen molar-refractivity contribution >= 4 is 16.1 Å². The van der Waals surface area contributed by atoms with Gasteiger partial charge in [-0.15, -0.1) is 0 Å². The first kappa shape index (κ1) is 14.8. The number of carbonyl (C=O) groups is 1. The van der Waals surface area contributed by atoms with Crippen LogP contribution in [0.25, 0.3) is 0 Å². The van der Waals surface area contributed by atoms with Crippen LogP contribution in [0.5, 0.6) is 0 Å². The van der Waals surface area contributed by atoms with Gasteiger partial charge in [0.25, 0.3) is 0 Å². The van der Waals surface area contributed by atoms with Gasteiger partial charge in [0, 0.05) is 25.7 Å². The van der Waals surface area contributed by atoms with Gasteiger partial charge in [0.15, 0.2) is 0 Å². The molecule has 0 radical (unpaired) electrons. The van der Waals surface area contributed by atoms with Crippen LogP contribution < -0.4 is 10.5 Å². The van der Waals surface area contributed by atoms with Crippen molar-refractivity contribution in [1.82, 2.24) is 10.2 Å². The molecule has 0 spiro atoms. The minimum absolute atomic E-state index is 0.0279. The molecule has 1 heterocycles. The van der Waals surface area contributed by atoms with Gasteiger partial charge in [0.05, 0.1) is 4.90 Å². The number of nitrogens with one attached hydrogen (secondary N) is 1. The van der Waals surface area contributed by atoms with Gasteiger partial charge < -0.3 is 15.3 Å². The molecule has 0 unspecified atom stereocenters. The average molecular weight is 299 g/mol. The van der Waals surface area contributed by atoms with Crippen LogP contribution >= 0.6 is 0 Å². The van der Waals surface area contributed by atoms with Crippen molar-refractivity contribution in [1.29, 1.82) is 0 Å². The Morgan fingerprint density at radius 2 is 2.05 bits per heavy atom. The quantitative estimate of drug-likeness (QED) is 0.717. The van der Waals surface area contributed by atoms with Crippen LogP contribution in [0.15, 0.2) is 29.2 Å². The van der Waals surface area contributed by atoms with Gasteiger partial charge in [0.2, 0.25) is 10.0 Å². The predicted molar refractivity (Wildman–Crippen MR) is 72.9 cm³/mol. The number of hydrogen-bond donors (Lipinski definition) is 3. The zero-order valence-corrected chi connectivity index (χ0v) is 11.6. The van der Waals surface area contributed by atoms with Crippen molar-refractivity contribution in [2.75, 3.05) is 19.6 Å². The summed E-state index contributed by atoms with van der Waals surface area (Å²) in [5, 5.41) is 17.2. The van der Waals surface area contributed by atoms with Crippen LogP contribution in [0, 0.1) is 0 Å². The number of hydrogen-bond acceptors (Lipinski definition) is 4. The Morgan fingerprint density at radius 1 is 1.40 bits per heavy atom. The molecular weight excluding hydrogens is 282 g/mol. The molecule has 20 heavy (non-hydrogen) atoms. The summed E-state index contributed by atoms with van der Waals surface area (Å²) in [7, 11) is -3.67. The number of carboxylic acid groups (broad SMARTS) is 1. The molecule has 1 aliphatic heterocycles. The van der Waals surface area contributed by atoms with E-state index in [1.165, 1.54) is 17.0 Å². The molecule has 4 N–H and O–H groups in total. The fourth-order valence-electron chi connectivity index (χ4n) is 2.24. The molecule has 7 nitrogen and oxygen atoms in total. The second-order valence-corrected chi connectivity index (χ2v) is 6.33. The Morgan fingerprint density at radius 3 is 2.60 bits per heavy atom. The monoisotopic (exact) mass is 299 g/mol. The van der Waals surface area contributed by atoms with Crippen LogP contribution in [-0.2, 0) is 16.4 Å². The first-order valence-electron chi connectivity index (χ1n) is 6.19. The highest BCUT2D eigenvalue weighted by atomic mass is 32.2. The van der Waals surface area contributed by atoms with Gasteiger partial charge in [-0.05, 0) is 24.1 Å². The Hall–Kier alpha value is -1.64. The lowest BCUT2D eigenvalue weighted by molar-refractivity contribution is 0.128. The van der Waals surface area contributed by atoms with Crippen molar-refractivity contribution in [2.45, 2.75) is 17.4 Å². The van der Waals surface area contributed by atoms with Gasteiger partial charge in [-0.3, -0.25) is 0 Å². The largest absolute Gasteiger partial charge is 0.465 e. The number of nitrogens with two attached hydrogens (primary N) is 1. The van der Waals surface area contributed by atoms with Crippen molar-refractivity contribution in [3.8, 4) is 0 Å². The van der Waals surface area contributed by atoms with E-state index in [-0.39, 0.29) is 10.9 Å². The molecule has 1 amide bonds. The topological polar surface area (TPSA) is 113 Å². The standard InChI is InChI=1S/C12H17N3O4S/c13-20(18,19)11-3-1-9(2-4-11)7-10-8-15(12(16)17)6-5-14-10/h1-4,10,14H,5-8H2,(H,16,17)(H2,13,18,19)/t10-/m1/s1. The summed E-state index contributed by atoms with van der Waals surface area (Å²) in [5.41, 5.74) is 0.933. The van der Waals surface area contributed by atoms with Crippen molar-refractivity contribution < 1.29 is 18.3 Å². The van der Waals surface area contributed by atoms with Gasteiger partial charge in [-0.2, -0.15) is 0 Å². The van der Waals surface area contributed by atoms with E-state index in [2.05, 4.69) is 5.32 Å². The van der Waals surface area contributed by atoms with E-state index >= 15 is 0 Å². The number of sulfonamides is 1. The van der Waals surface area contributed by atoms with E-state index in [9.17, 15) is 13.2 Å².